The van der Waals surface area contributed by atoms with E-state index in [2.05, 4.69) is 10.2 Å². The lowest BCUT2D eigenvalue weighted by Crippen LogP contribution is -2.39. The van der Waals surface area contributed by atoms with Crippen LogP contribution in [-0.2, 0) is 4.79 Å². The molecule has 0 aromatic heterocycles. The molecule has 1 amide bonds. The maximum atomic E-state index is 12.3. The standard InChI is InChI=1S/C15H27N3O.2ClH/c1-17(14-7-9-18(11-14)13-3-4-13)15(19)5-2-12-6-8-16-10-12;;/h12-14,16H,2-11H2,1H3;2*1H. The van der Waals surface area contributed by atoms with Gasteiger partial charge in [0.25, 0.3) is 0 Å². The summed E-state index contributed by atoms with van der Waals surface area (Å²) in [6.07, 6.45) is 6.97. The fourth-order valence-corrected chi connectivity index (χ4v) is 3.52. The van der Waals surface area contributed by atoms with E-state index in [1.54, 1.807) is 0 Å². The molecule has 6 heteroatoms. The first-order valence-corrected chi connectivity index (χ1v) is 7.94. The zero-order valence-corrected chi connectivity index (χ0v) is 14.6. The third-order valence-corrected chi connectivity index (χ3v) is 5.13. The van der Waals surface area contributed by atoms with Gasteiger partial charge in [-0.3, -0.25) is 9.69 Å². The number of likely N-dealkylation sites (N-methyl/N-ethyl adjacent to an activating group) is 1. The van der Waals surface area contributed by atoms with Gasteiger partial charge in [-0.05, 0) is 51.1 Å². The van der Waals surface area contributed by atoms with Gasteiger partial charge in [-0.15, -0.1) is 24.8 Å². The summed E-state index contributed by atoms with van der Waals surface area (Å²) in [5.41, 5.74) is 0. The fraction of sp³-hybridized carbons (Fsp3) is 0.933. The van der Waals surface area contributed by atoms with Crippen molar-refractivity contribution in [2.45, 2.75) is 50.6 Å². The van der Waals surface area contributed by atoms with E-state index in [1.807, 2.05) is 11.9 Å². The summed E-state index contributed by atoms with van der Waals surface area (Å²) < 4.78 is 0. The Morgan fingerprint density at radius 1 is 1.24 bits per heavy atom. The van der Waals surface area contributed by atoms with Gasteiger partial charge < -0.3 is 10.2 Å². The summed E-state index contributed by atoms with van der Waals surface area (Å²) in [7, 11) is 2.01. The highest BCUT2D eigenvalue weighted by atomic mass is 35.5. The minimum atomic E-state index is 0. The van der Waals surface area contributed by atoms with E-state index in [1.165, 1.54) is 32.2 Å². The fourth-order valence-electron chi connectivity index (χ4n) is 3.52. The van der Waals surface area contributed by atoms with Crippen LogP contribution in [0.25, 0.3) is 0 Å². The summed E-state index contributed by atoms with van der Waals surface area (Å²) in [6.45, 7) is 4.54. The lowest BCUT2D eigenvalue weighted by Gasteiger charge is -2.25. The molecule has 3 rings (SSSR count). The van der Waals surface area contributed by atoms with Crippen LogP contribution in [0, 0.1) is 5.92 Å². The normalized spacial score (nSPS) is 28.8. The summed E-state index contributed by atoms with van der Waals surface area (Å²) in [5, 5.41) is 3.37. The molecular formula is C15H29Cl2N3O. The molecule has 2 atom stereocenters. The molecule has 3 fully saturated rings. The molecule has 2 aliphatic heterocycles. The Morgan fingerprint density at radius 2 is 2.00 bits per heavy atom. The van der Waals surface area contributed by atoms with Gasteiger partial charge >= 0.3 is 0 Å². The first-order chi connectivity index (χ1) is 9.24. The second-order valence-corrected chi connectivity index (χ2v) is 6.57. The summed E-state index contributed by atoms with van der Waals surface area (Å²) in [6, 6.07) is 1.31. The second-order valence-electron chi connectivity index (χ2n) is 6.57. The van der Waals surface area contributed by atoms with Crippen LogP contribution < -0.4 is 5.32 Å². The number of amides is 1. The number of halogens is 2. The number of rotatable bonds is 5. The van der Waals surface area contributed by atoms with Crippen molar-refractivity contribution in [3.05, 3.63) is 0 Å². The van der Waals surface area contributed by atoms with Crippen molar-refractivity contribution < 1.29 is 4.79 Å². The largest absolute Gasteiger partial charge is 0.341 e. The van der Waals surface area contributed by atoms with Crippen molar-refractivity contribution in [1.29, 1.82) is 0 Å². The van der Waals surface area contributed by atoms with E-state index in [-0.39, 0.29) is 24.8 Å². The van der Waals surface area contributed by atoms with Crippen LogP contribution in [0.15, 0.2) is 0 Å². The molecule has 1 saturated carbocycles. The van der Waals surface area contributed by atoms with Crippen molar-refractivity contribution in [3.8, 4) is 0 Å². The zero-order valence-electron chi connectivity index (χ0n) is 12.9. The van der Waals surface area contributed by atoms with Crippen LogP contribution in [0.3, 0.4) is 0 Å². The number of nitrogens with one attached hydrogen (secondary N) is 1. The van der Waals surface area contributed by atoms with Gasteiger partial charge in [-0.25, -0.2) is 0 Å². The molecule has 3 aliphatic rings. The van der Waals surface area contributed by atoms with E-state index < -0.39 is 0 Å². The predicted molar refractivity (Wildman–Crippen MR) is 90.5 cm³/mol. The predicted octanol–water partition coefficient (Wildman–Crippen LogP) is 1.91. The van der Waals surface area contributed by atoms with Crippen molar-refractivity contribution in [2.24, 2.45) is 5.92 Å². The molecule has 0 bridgehead atoms. The summed E-state index contributed by atoms with van der Waals surface area (Å²) in [4.78, 5) is 16.9. The van der Waals surface area contributed by atoms with E-state index >= 15 is 0 Å². The van der Waals surface area contributed by atoms with Gasteiger partial charge in [0, 0.05) is 38.6 Å². The third kappa shape index (κ3) is 4.98. The average Bonchev–Trinajstić information content (AvgIpc) is 2.95. The Bertz CT molecular complexity index is 333. The SMILES string of the molecule is CN(C(=O)CCC1CCNC1)C1CCN(C2CC2)C1.Cl.Cl. The summed E-state index contributed by atoms with van der Waals surface area (Å²) >= 11 is 0. The highest BCUT2D eigenvalue weighted by Crippen LogP contribution is 2.31. The molecular weight excluding hydrogens is 309 g/mol. The monoisotopic (exact) mass is 337 g/mol. The Labute approximate surface area is 140 Å². The number of hydrogen-bond acceptors (Lipinski definition) is 3. The first kappa shape index (κ1) is 19.0. The molecule has 0 aromatic carbocycles. The van der Waals surface area contributed by atoms with Crippen LogP contribution >= 0.6 is 24.8 Å². The molecule has 21 heavy (non-hydrogen) atoms. The lowest BCUT2D eigenvalue weighted by molar-refractivity contribution is -0.132. The molecule has 1 aliphatic carbocycles. The highest BCUT2D eigenvalue weighted by Gasteiger charge is 2.36. The van der Waals surface area contributed by atoms with E-state index in [0.29, 0.717) is 11.9 Å². The van der Waals surface area contributed by atoms with Crippen molar-refractivity contribution in [2.75, 3.05) is 33.2 Å². The minimum absolute atomic E-state index is 0. The first-order valence-electron chi connectivity index (χ1n) is 7.94. The molecule has 1 N–H and O–H groups in total. The molecule has 0 aromatic rings. The van der Waals surface area contributed by atoms with Gasteiger partial charge in [0.2, 0.25) is 5.91 Å². The van der Waals surface area contributed by atoms with Gasteiger partial charge in [0.1, 0.15) is 0 Å². The van der Waals surface area contributed by atoms with Crippen molar-refractivity contribution in [3.63, 3.8) is 0 Å². The average molecular weight is 338 g/mol. The van der Waals surface area contributed by atoms with Gasteiger partial charge in [0.05, 0.1) is 0 Å². The molecule has 0 spiro atoms. The minimum Gasteiger partial charge on any atom is -0.341 e. The van der Waals surface area contributed by atoms with Gasteiger partial charge in [-0.2, -0.15) is 0 Å². The number of hydrogen-bond donors (Lipinski definition) is 1. The van der Waals surface area contributed by atoms with Crippen LogP contribution in [-0.4, -0.2) is 61.0 Å². The topological polar surface area (TPSA) is 35.6 Å². The number of likely N-dealkylation sites (tertiary alicyclic amines) is 1. The molecule has 2 heterocycles. The Morgan fingerprint density at radius 3 is 2.62 bits per heavy atom. The molecule has 0 radical (unpaired) electrons. The quantitative estimate of drug-likeness (QED) is 0.832. The second kappa shape index (κ2) is 8.56. The number of carbonyl (C=O) groups is 1. The molecule has 2 saturated heterocycles. The molecule has 4 nitrogen and oxygen atoms in total. The van der Waals surface area contributed by atoms with Crippen LogP contribution in [0.1, 0.15) is 38.5 Å². The number of carbonyl (C=O) groups excluding carboxylic acids is 1. The van der Waals surface area contributed by atoms with Gasteiger partial charge in [0.15, 0.2) is 0 Å². The van der Waals surface area contributed by atoms with E-state index in [4.69, 9.17) is 0 Å². The maximum absolute atomic E-state index is 12.3. The molecule has 124 valence electrons. The van der Waals surface area contributed by atoms with Gasteiger partial charge in [-0.1, -0.05) is 0 Å². The maximum Gasteiger partial charge on any atom is 0.222 e. The van der Waals surface area contributed by atoms with Crippen LogP contribution in [0.5, 0.6) is 0 Å². The Kier molecular flexibility index (Phi) is 7.75. The Balaban J connectivity index is 0.00000110. The highest BCUT2D eigenvalue weighted by molar-refractivity contribution is 5.85. The number of nitrogens with zero attached hydrogens (tertiary/aromatic N) is 2. The van der Waals surface area contributed by atoms with E-state index in [0.717, 1.165) is 44.4 Å². The van der Waals surface area contributed by atoms with E-state index in [9.17, 15) is 4.79 Å². The third-order valence-electron chi connectivity index (χ3n) is 5.13. The van der Waals surface area contributed by atoms with Crippen molar-refractivity contribution in [1.82, 2.24) is 15.1 Å². The smallest absolute Gasteiger partial charge is 0.222 e. The van der Waals surface area contributed by atoms with Crippen LogP contribution in [0.4, 0.5) is 0 Å². The summed E-state index contributed by atoms with van der Waals surface area (Å²) in [5.74, 6) is 1.08. The lowest BCUT2D eigenvalue weighted by atomic mass is 10.0. The van der Waals surface area contributed by atoms with Crippen LogP contribution in [0.2, 0.25) is 0 Å². The zero-order chi connectivity index (χ0) is 13.2. The Hall–Kier alpha value is -0.0300. The van der Waals surface area contributed by atoms with Crippen molar-refractivity contribution >= 4 is 30.7 Å². The molecule has 2 unspecified atom stereocenters.